The second kappa shape index (κ2) is 9.52. The summed E-state index contributed by atoms with van der Waals surface area (Å²) < 4.78 is 4.18. The predicted molar refractivity (Wildman–Crippen MR) is 69.2 cm³/mol. The SMILES string of the molecule is C=C(C)C(=O)OOc1ccccc1.CCOC(N)=O. The first-order valence-electron chi connectivity index (χ1n) is 5.49. The van der Waals surface area contributed by atoms with Gasteiger partial charge in [-0.1, -0.05) is 24.8 Å². The summed E-state index contributed by atoms with van der Waals surface area (Å²) in [6.07, 6.45) is -0.711. The molecule has 1 aromatic rings. The van der Waals surface area contributed by atoms with Crippen molar-refractivity contribution in [3.8, 4) is 5.75 Å². The van der Waals surface area contributed by atoms with Crippen LogP contribution in [0.5, 0.6) is 5.75 Å². The highest BCUT2D eigenvalue weighted by Gasteiger charge is 2.04. The molecule has 0 aromatic heterocycles. The van der Waals surface area contributed by atoms with E-state index in [9.17, 15) is 9.59 Å². The standard InChI is InChI=1S/C10H10O3.C3H7NO2/c1-8(2)10(11)13-12-9-6-4-3-5-7-9;1-2-6-3(4)5/h3-7H,1H2,2H3;2H2,1H3,(H2,4,5). The minimum atomic E-state index is -0.711. The Balaban J connectivity index is 0.000000459. The Morgan fingerprint density at radius 2 is 1.84 bits per heavy atom. The van der Waals surface area contributed by atoms with Crippen LogP contribution in [-0.2, 0) is 14.4 Å². The van der Waals surface area contributed by atoms with Crippen LogP contribution < -0.4 is 10.6 Å². The van der Waals surface area contributed by atoms with Crippen LogP contribution in [0.1, 0.15) is 13.8 Å². The van der Waals surface area contributed by atoms with E-state index in [2.05, 4.69) is 21.9 Å². The minimum Gasteiger partial charge on any atom is -0.450 e. The van der Waals surface area contributed by atoms with Gasteiger partial charge in [0.2, 0.25) is 0 Å². The number of benzene rings is 1. The third kappa shape index (κ3) is 9.22. The number of hydrogen-bond acceptors (Lipinski definition) is 5. The summed E-state index contributed by atoms with van der Waals surface area (Å²) in [6.45, 7) is 7.02. The summed E-state index contributed by atoms with van der Waals surface area (Å²) in [6, 6.07) is 8.78. The van der Waals surface area contributed by atoms with Crippen molar-refractivity contribution in [1.29, 1.82) is 0 Å². The fourth-order valence-electron chi connectivity index (χ4n) is 0.775. The number of rotatable bonds is 4. The summed E-state index contributed by atoms with van der Waals surface area (Å²) in [5.41, 5.74) is 4.84. The molecule has 0 spiro atoms. The molecule has 0 fully saturated rings. The van der Waals surface area contributed by atoms with Gasteiger partial charge in [0.1, 0.15) is 0 Å². The van der Waals surface area contributed by atoms with Crippen LogP contribution in [0.3, 0.4) is 0 Å². The second-order valence-corrected chi connectivity index (χ2v) is 3.30. The Morgan fingerprint density at radius 3 is 2.21 bits per heavy atom. The summed E-state index contributed by atoms with van der Waals surface area (Å²) in [5, 5.41) is 0. The van der Waals surface area contributed by atoms with E-state index in [1.54, 1.807) is 38.1 Å². The van der Waals surface area contributed by atoms with E-state index in [4.69, 9.17) is 4.89 Å². The minimum absolute atomic E-state index is 0.302. The van der Waals surface area contributed by atoms with Gasteiger partial charge in [-0.3, -0.25) is 4.89 Å². The summed E-state index contributed by atoms with van der Waals surface area (Å²) in [5.74, 6) is -0.0825. The van der Waals surface area contributed by atoms with Gasteiger partial charge < -0.3 is 10.5 Å². The first-order valence-corrected chi connectivity index (χ1v) is 5.49. The van der Waals surface area contributed by atoms with Crippen LogP contribution in [0.4, 0.5) is 4.79 Å². The second-order valence-electron chi connectivity index (χ2n) is 3.30. The maximum Gasteiger partial charge on any atom is 0.404 e. The number of nitrogens with two attached hydrogens (primary N) is 1. The highest BCUT2D eigenvalue weighted by molar-refractivity contribution is 5.86. The lowest BCUT2D eigenvalue weighted by Crippen LogP contribution is -2.11. The molecule has 1 amide bonds. The topological polar surface area (TPSA) is 87.8 Å². The summed E-state index contributed by atoms with van der Waals surface area (Å²) in [7, 11) is 0. The van der Waals surface area contributed by atoms with Crippen molar-refractivity contribution in [2.24, 2.45) is 5.73 Å². The molecule has 1 aromatic carbocycles. The zero-order chi connectivity index (χ0) is 14.7. The average molecular weight is 267 g/mol. The van der Waals surface area contributed by atoms with E-state index >= 15 is 0 Å². The molecule has 0 bridgehead atoms. The third-order valence-electron chi connectivity index (χ3n) is 1.59. The van der Waals surface area contributed by atoms with Crippen LogP contribution in [-0.4, -0.2) is 18.7 Å². The molecular weight excluding hydrogens is 250 g/mol. The molecule has 2 N–H and O–H groups in total. The van der Waals surface area contributed by atoms with Gasteiger partial charge in [0.05, 0.1) is 6.61 Å². The lowest BCUT2D eigenvalue weighted by atomic mass is 10.3. The number of primary amides is 1. The molecule has 0 atom stereocenters. The van der Waals surface area contributed by atoms with E-state index < -0.39 is 12.1 Å². The Kier molecular flexibility index (Phi) is 8.27. The van der Waals surface area contributed by atoms with E-state index in [0.717, 1.165) is 0 Å². The molecule has 0 radical (unpaired) electrons. The zero-order valence-electron chi connectivity index (χ0n) is 10.9. The van der Waals surface area contributed by atoms with Crippen LogP contribution in [0.25, 0.3) is 0 Å². The lowest BCUT2D eigenvalue weighted by Gasteiger charge is -2.02. The highest BCUT2D eigenvalue weighted by atomic mass is 17.2. The first-order chi connectivity index (χ1) is 8.97. The van der Waals surface area contributed by atoms with Gasteiger partial charge in [0, 0.05) is 5.57 Å². The largest absolute Gasteiger partial charge is 0.450 e. The molecule has 0 saturated carbocycles. The van der Waals surface area contributed by atoms with Crippen LogP contribution in [0.15, 0.2) is 42.5 Å². The number of ether oxygens (including phenoxy) is 1. The molecule has 6 nitrogen and oxygen atoms in total. The highest BCUT2D eigenvalue weighted by Crippen LogP contribution is 2.09. The van der Waals surface area contributed by atoms with Crippen molar-refractivity contribution in [2.75, 3.05) is 6.61 Å². The number of hydrogen-bond donors (Lipinski definition) is 1. The molecule has 0 aliphatic rings. The molecule has 0 unspecified atom stereocenters. The Labute approximate surface area is 111 Å². The van der Waals surface area contributed by atoms with Crippen molar-refractivity contribution >= 4 is 12.1 Å². The maximum absolute atomic E-state index is 10.9. The van der Waals surface area contributed by atoms with Gasteiger partial charge in [0.15, 0.2) is 5.75 Å². The van der Waals surface area contributed by atoms with Crippen molar-refractivity contribution in [1.82, 2.24) is 0 Å². The number of para-hydroxylation sites is 1. The molecule has 6 heteroatoms. The molecule has 19 heavy (non-hydrogen) atoms. The molecular formula is C13H17NO5. The third-order valence-corrected chi connectivity index (χ3v) is 1.59. The van der Waals surface area contributed by atoms with Crippen LogP contribution >= 0.6 is 0 Å². The predicted octanol–water partition coefficient (Wildman–Crippen LogP) is 2.20. The van der Waals surface area contributed by atoms with E-state index in [0.29, 0.717) is 17.9 Å². The van der Waals surface area contributed by atoms with E-state index in [-0.39, 0.29) is 0 Å². The van der Waals surface area contributed by atoms with Crippen LogP contribution in [0, 0.1) is 0 Å². The Morgan fingerprint density at radius 1 is 1.26 bits per heavy atom. The van der Waals surface area contributed by atoms with Gasteiger partial charge in [0.25, 0.3) is 0 Å². The average Bonchev–Trinajstić information content (AvgIpc) is 2.37. The van der Waals surface area contributed by atoms with Crippen molar-refractivity contribution in [2.45, 2.75) is 13.8 Å². The first kappa shape index (κ1) is 16.5. The van der Waals surface area contributed by atoms with Crippen molar-refractivity contribution in [3.63, 3.8) is 0 Å². The smallest absolute Gasteiger partial charge is 0.404 e. The van der Waals surface area contributed by atoms with Gasteiger partial charge in [-0.2, -0.15) is 0 Å². The maximum atomic E-state index is 10.9. The van der Waals surface area contributed by atoms with E-state index in [1.807, 2.05) is 6.07 Å². The molecule has 0 aliphatic heterocycles. The Bertz CT molecular complexity index is 416. The van der Waals surface area contributed by atoms with Crippen molar-refractivity contribution in [3.05, 3.63) is 42.5 Å². The lowest BCUT2D eigenvalue weighted by molar-refractivity contribution is -0.208. The van der Waals surface area contributed by atoms with Gasteiger partial charge in [-0.15, -0.1) is 0 Å². The van der Waals surface area contributed by atoms with Gasteiger partial charge in [-0.05, 0) is 26.0 Å². The molecule has 0 saturated heterocycles. The molecule has 1 rings (SSSR count). The van der Waals surface area contributed by atoms with E-state index in [1.165, 1.54) is 0 Å². The fourth-order valence-corrected chi connectivity index (χ4v) is 0.775. The quantitative estimate of drug-likeness (QED) is 0.513. The number of carbonyl (C=O) groups excluding carboxylic acids is 2. The van der Waals surface area contributed by atoms with Crippen molar-refractivity contribution < 1.29 is 24.1 Å². The van der Waals surface area contributed by atoms with Crippen LogP contribution in [0.2, 0.25) is 0 Å². The van der Waals surface area contributed by atoms with Gasteiger partial charge in [-0.25, -0.2) is 14.5 Å². The summed E-state index contributed by atoms with van der Waals surface area (Å²) in [4.78, 5) is 29.6. The number of amides is 1. The molecule has 0 aliphatic carbocycles. The zero-order valence-corrected chi connectivity index (χ0v) is 10.9. The molecule has 104 valence electrons. The number of carbonyl (C=O) groups is 2. The monoisotopic (exact) mass is 267 g/mol. The fraction of sp³-hybridized carbons (Fsp3) is 0.231. The normalized spacial score (nSPS) is 8.53. The van der Waals surface area contributed by atoms with Gasteiger partial charge >= 0.3 is 12.1 Å². The molecule has 0 heterocycles. The Hall–Kier alpha value is -2.50. The summed E-state index contributed by atoms with van der Waals surface area (Å²) >= 11 is 0.